The molecule has 0 spiro atoms. The molecule has 2 aromatic carbocycles. The van der Waals surface area contributed by atoms with Crippen molar-refractivity contribution in [2.24, 2.45) is 0 Å². The molecule has 1 aliphatic heterocycles. The molecule has 146 valence electrons. The van der Waals surface area contributed by atoms with E-state index in [1.807, 2.05) is 19.9 Å². The number of nitrogens with one attached hydrogen (secondary N) is 1. The quantitative estimate of drug-likeness (QED) is 0.852. The molecule has 0 bridgehead atoms. The molecule has 2 aromatic rings. The van der Waals surface area contributed by atoms with E-state index in [0.29, 0.717) is 18.7 Å². The lowest BCUT2D eigenvalue weighted by Gasteiger charge is -2.35. The standard InChI is InChI=1S/C20H21N3O4S/c1-14-12-23(13-15(2)27-14)20(24)18-5-3-4-6-19(18)22-28(25,26)17-9-7-16(11-21)8-10-17/h3-10,14-15,22H,12-13H2,1-2H3/t14-,15-/m1/s1. The molecule has 7 nitrogen and oxygen atoms in total. The van der Waals surface area contributed by atoms with Crippen molar-refractivity contribution < 1.29 is 17.9 Å². The molecule has 0 aromatic heterocycles. The molecule has 2 atom stereocenters. The average Bonchev–Trinajstić information content (AvgIpc) is 2.67. The van der Waals surface area contributed by atoms with E-state index in [2.05, 4.69) is 4.72 Å². The van der Waals surface area contributed by atoms with Crippen molar-refractivity contribution in [2.75, 3.05) is 17.8 Å². The largest absolute Gasteiger partial charge is 0.372 e. The molecular weight excluding hydrogens is 378 g/mol. The van der Waals surface area contributed by atoms with E-state index >= 15 is 0 Å². The van der Waals surface area contributed by atoms with Crippen molar-refractivity contribution >= 4 is 21.6 Å². The summed E-state index contributed by atoms with van der Waals surface area (Å²) in [5.41, 5.74) is 0.856. The number of amides is 1. The van der Waals surface area contributed by atoms with Gasteiger partial charge in [0.05, 0.1) is 40.0 Å². The Morgan fingerprint density at radius 3 is 2.32 bits per heavy atom. The van der Waals surface area contributed by atoms with Crippen LogP contribution in [0.3, 0.4) is 0 Å². The van der Waals surface area contributed by atoms with E-state index < -0.39 is 10.0 Å². The van der Waals surface area contributed by atoms with Crippen LogP contribution in [0.15, 0.2) is 53.4 Å². The summed E-state index contributed by atoms with van der Waals surface area (Å²) < 4.78 is 33.6. The number of anilines is 1. The van der Waals surface area contributed by atoms with E-state index in [0.717, 1.165) is 0 Å². The Labute approximate surface area is 164 Å². The fourth-order valence-corrected chi connectivity index (χ4v) is 4.26. The third-order valence-electron chi connectivity index (χ3n) is 4.40. The molecule has 0 radical (unpaired) electrons. The topological polar surface area (TPSA) is 99.5 Å². The Morgan fingerprint density at radius 2 is 1.71 bits per heavy atom. The van der Waals surface area contributed by atoms with E-state index in [9.17, 15) is 13.2 Å². The molecule has 8 heteroatoms. The number of nitriles is 1. The first-order valence-electron chi connectivity index (χ1n) is 8.87. The zero-order valence-electron chi connectivity index (χ0n) is 15.6. The van der Waals surface area contributed by atoms with Crippen LogP contribution in [0.1, 0.15) is 29.8 Å². The van der Waals surface area contributed by atoms with Gasteiger partial charge < -0.3 is 9.64 Å². The molecule has 0 saturated carbocycles. The Hall–Kier alpha value is -2.89. The fraction of sp³-hybridized carbons (Fsp3) is 0.300. The molecule has 3 rings (SSSR count). The third kappa shape index (κ3) is 4.32. The van der Waals surface area contributed by atoms with Crippen molar-refractivity contribution in [1.82, 2.24) is 4.90 Å². The van der Waals surface area contributed by atoms with Crippen LogP contribution in [0, 0.1) is 11.3 Å². The van der Waals surface area contributed by atoms with Crippen molar-refractivity contribution in [2.45, 2.75) is 31.0 Å². The average molecular weight is 399 g/mol. The summed E-state index contributed by atoms with van der Waals surface area (Å²) in [6.07, 6.45) is -0.176. The van der Waals surface area contributed by atoms with Gasteiger partial charge in [-0.05, 0) is 50.2 Å². The van der Waals surface area contributed by atoms with Crippen molar-refractivity contribution in [1.29, 1.82) is 5.26 Å². The second-order valence-electron chi connectivity index (χ2n) is 6.75. The van der Waals surface area contributed by atoms with Crippen LogP contribution in [-0.4, -0.2) is 44.5 Å². The SMILES string of the molecule is C[C@@H]1CN(C(=O)c2ccccc2NS(=O)(=O)c2ccc(C#N)cc2)C[C@@H](C)O1. The Morgan fingerprint density at radius 1 is 1.11 bits per heavy atom. The van der Waals surface area contributed by atoms with Crippen LogP contribution in [0.2, 0.25) is 0 Å². The second-order valence-corrected chi connectivity index (χ2v) is 8.44. The second kappa shape index (κ2) is 8.00. The lowest BCUT2D eigenvalue weighted by Crippen LogP contribution is -2.48. The summed E-state index contributed by atoms with van der Waals surface area (Å²) in [6.45, 7) is 4.69. The zero-order chi connectivity index (χ0) is 20.3. The summed E-state index contributed by atoms with van der Waals surface area (Å²) >= 11 is 0. The zero-order valence-corrected chi connectivity index (χ0v) is 16.4. The van der Waals surface area contributed by atoms with Crippen molar-refractivity contribution in [3.05, 3.63) is 59.7 Å². The van der Waals surface area contributed by atoms with Gasteiger partial charge in [-0.1, -0.05) is 12.1 Å². The van der Waals surface area contributed by atoms with Crippen molar-refractivity contribution in [3.8, 4) is 6.07 Å². The van der Waals surface area contributed by atoms with Gasteiger partial charge in [-0.2, -0.15) is 5.26 Å². The summed E-state index contributed by atoms with van der Waals surface area (Å²) in [6, 6.07) is 14.0. The van der Waals surface area contributed by atoms with E-state index in [4.69, 9.17) is 10.00 Å². The molecule has 1 saturated heterocycles. The molecule has 28 heavy (non-hydrogen) atoms. The van der Waals surface area contributed by atoms with Gasteiger partial charge in [0, 0.05) is 13.1 Å². The molecule has 1 heterocycles. The smallest absolute Gasteiger partial charge is 0.261 e. The number of sulfonamides is 1. The lowest BCUT2D eigenvalue weighted by atomic mass is 10.1. The number of para-hydroxylation sites is 1. The van der Waals surface area contributed by atoms with Crippen LogP contribution in [0.4, 0.5) is 5.69 Å². The number of morpholine rings is 1. The highest BCUT2D eigenvalue weighted by Gasteiger charge is 2.28. The molecule has 1 N–H and O–H groups in total. The highest BCUT2D eigenvalue weighted by molar-refractivity contribution is 7.92. The Balaban J connectivity index is 1.87. The third-order valence-corrected chi connectivity index (χ3v) is 5.78. The maximum Gasteiger partial charge on any atom is 0.261 e. The lowest BCUT2D eigenvalue weighted by molar-refractivity contribution is -0.0585. The number of ether oxygens (including phenoxy) is 1. The minimum Gasteiger partial charge on any atom is -0.372 e. The van der Waals surface area contributed by atoms with Gasteiger partial charge in [0.25, 0.3) is 15.9 Å². The molecule has 1 aliphatic rings. The minimum atomic E-state index is -3.90. The van der Waals surface area contributed by atoms with Gasteiger partial charge in [-0.25, -0.2) is 8.42 Å². The van der Waals surface area contributed by atoms with Gasteiger partial charge in [0.15, 0.2) is 0 Å². The van der Waals surface area contributed by atoms with Crippen LogP contribution in [0.25, 0.3) is 0 Å². The van der Waals surface area contributed by atoms with Crippen LogP contribution >= 0.6 is 0 Å². The number of nitrogens with zero attached hydrogens (tertiary/aromatic N) is 2. The van der Waals surface area contributed by atoms with Crippen molar-refractivity contribution in [3.63, 3.8) is 0 Å². The number of hydrogen-bond acceptors (Lipinski definition) is 5. The number of rotatable bonds is 4. The Kier molecular flexibility index (Phi) is 5.68. The maximum atomic E-state index is 13.0. The number of benzene rings is 2. The number of hydrogen-bond donors (Lipinski definition) is 1. The normalized spacial score (nSPS) is 19.7. The summed E-state index contributed by atoms with van der Waals surface area (Å²) in [7, 11) is -3.90. The van der Waals surface area contributed by atoms with Gasteiger partial charge in [-0.3, -0.25) is 9.52 Å². The van der Waals surface area contributed by atoms with E-state index in [1.165, 1.54) is 24.3 Å². The number of carbonyl (C=O) groups excluding carboxylic acids is 1. The first-order chi connectivity index (χ1) is 13.3. The predicted molar refractivity (Wildman–Crippen MR) is 104 cm³/mol. The molecule has 1 fully saturated rings. The predicted octanol–water partition coefficient (Wildman–Crippen LogP) is 2.61. The molecule has 1 amide bonds. The van der Waals surface area contributed by atoms with Gasteiger partial charge in [0.1, 0.15) is 0 Å². The summed E-state index contributed by atoms with van der Waals surface area (Å²) in [4.78, 5) is 14.7. The van der Waals surface area contributed by atoms with E-state index in [1.54, 1.807) is 29.2 Å². The molecular formula is C20H21N3O4S. The summed E-state index contributed by atoms with van der Waals surface area (Å²) in [5.74, 6) is -0.250. The minimum absolute atomic E-state index is 0.0161. The van der Waals surface area contributed by atoms with Crippen LogP contribution in [-0.2, 0) is 14.8 Å². The van der Waals surface area contributed by atoms with Gasteiger partial charge in [0.2, 0.25) is 0 Å². The van der Waals surface area contributed by atoms with Crippen LogP contribution < -0.4 is 4.72 Å². The first kappa shape index (κ1) is 19.9. The molecule has 0 unspecified atom stereocenters. The summed E-state index contributed by atoms with van der Waals surface area (Å²) in [5, 5.41) is 8.86. The highest BCUT2D eigenvalue weighted by Crippen LogP contribution is 2.23. The monoisotopic (exact) mass is 399 g/mol. The Bertz CT molecular complexity index is 1000. The number of carbonyl (C=O) groups is 1. The van der Waals surface area contributed by atoms with Gasteiger partial charge >= 0.3 is 0 Å². The maximum absolute atomic E-state index is 13.0. The van der Waals surface area contributed by atoms with Gasteiger partial charge in [-0.15, -0.1) is 0 Å². The first-order valence-corrected chi connectivity index (χ1v) is 10.3. The molecule has 0 aliphatic carbocycles. The van der Waals surface area contributed by atoms with E-state index in [-0.39, 0.29) is 34.3 Å². The fourth-order valence-electron chi connectivity index (χ4n) is 3.18. The van der Waals surface area contributed by atoms with Crippen LogP contribution in [0.5, 0.6) is 0 Å². The highest BCUT2D eigenvalue weighted by atomic mass is 32.2.